The number of hydrogen-bond donors (Lipinski definition) is 0. The number of carbonyl (C=O) groups excluding carboxylic acids is 2. The zero-order valence-corrected chi connectivity index (χ0v) is 18.4. The molecular weight excluding hydrogens is 467 g/mol. The summed E-state index contributed by atoms with van der Waals surface area (Å²) in [4.78, 5) is 36.0. The molecule has 2 heterocycles. The van der Waals surface area contributed by atoms with Crippen LogP contribution in [0.5, 0.6) is 0 Å². The zero-order valence-electron chi connectivity index (χ0n) is 17.6. The first-order valence-corrected chi connectivity index (χ1v) is 10.7. The lowest BCUT2D eigenvalue weighted by molar-refractivity contribution is -0.136. The molecule has 0 radical (unpaired) electrons. The fourth-order valence-electron chi connectivity index (χ4n) is 4.14. The standard InChI is InChI=1S/C25H15ClF3N3O2/c1-13(32-23(33)14-7-2-3-8-15(14)24(32)34)20-21(16-9-4-5-11-18(16)26)31-22-17(25(27,28)29)10-6-12-19(22)30-20/h2-13H,1H3. The molecule has 0 spiro atoms. The van der Waals surface area contributed by atoms with Crippen LogP contribution in [0.25, 0.3) is 22.3 Å². The minimum Gasteiger partial charge on any atom is -0.269 e. The molecule has 0 N–H and O–H groups in total. The third-order valence-electron chi connectivity index (χ3n) is 5.76. The molecule has 34 heavy (non-hydrogen) atoms. The van der Waals surface area contributed by atoms with E-state index in [1.54, 1.807) is 55.5 Å². The largest absolute Gasteiger partial charge is 0.418 e. The SMILES string of the molecule is CC(c1nc2cccc(C(F)(F)F)c2nc1-c1ccccc1Cl)N1C(=O)c2ccccc2C1=O. The van der Waals surface area contributed by atoms with E-state index in [4.69, 9.17) is 11.6 Å². The van der Waals surface area contributed by atoms with Crippen molar-refractivity contribution in [1.82, 2.24) is 14.9 Å². The van der Waals surface area contributed by atoms with E-state index in [9.17, 15) is 22.8 Å². The van der Waals surface area contributed by atoms with Crippen molar-refractivity contribution in [2.45, 2.75) is 19.1 Å². The van der Waals surface area contributed by atoms with Crippen LogP contribution in [-0.4, -0.2) is 26.7 Å². The van der Waals surface area contributed by atoms with Gasteiger partial charge in [-0.1, -0.05) is 48.0 Å². The number of hydrogen-bond acceptors (Lipinski definition) is 4. The molecule has 4 aromatic rings. The summed E-state index contributed by atoms with van der Waals surface area (Å²) in [7, 11) is 0. The highest BCUT2D eigenvalue weighted by Crippen LogP contribution is 2.39. The summed E-state index contributed by atoms with van der Waals surface area (Å²) < 4.78 is 41.1. The number of amides is 2. The van der Waals surface area contributed by atoms with Crippen LogP contribution in [0.4, 0.5) is 13.2 Å². The molecule has 0 fully saturated rings. The van der Waals surface area contributed by atoms with Gasteiger partial charge in [-0.25, -0.2) is 9.97 Å². The Hall–Kier alpha value is -3.78. The summed E-state index contributed by atoms with van der Waals surface area (Å²) >= 11 is 6.37. The van der Waals surface area contributed by atoms with Gasteiger partial charge in [0.1, 0.15) is 5.52 Å². The molecule has 0 bridgehead atoms. The van der Waals surface area contributed by atoms with Crippen molar-refractivity contribution < 1.29 is 22.8 Å². The second kappa shape index (κ2) is 7.92. The molecule has 1 atom stereocenters. The lowest BCUT2D eigenvalue weighted by Gasteiger charge is -2.24. The van der Waals surface area contributed by atoms with E-state index in [-0.39, 0.29) is 38.6 Å². The summed E-state index contributed by atoms with van der Waals surface area (Å²) in [6.07, 6.45) is -4.65. The Morgan fingerprint density at radius 1 is 0.824 bits per heavy atom. The van der Waals surface area contributed by atoms with Crippen LogP contribution in [0.2, 0.25) is 5.02 Å². The van der Waals surface area contributed by atoms with E-state index < -0.39 is 29.6 Å². The Kier molecular flexibility index (Phi) is 5.13. The monoisotopic (exact) mass is 481 g/mol. The van der Waals surface area contributed by atoms with E-state index in [2.05, 4.69) is 9.97 Å². The molecule has 3 aromatic carbocycles. The average Bonchev–Trinajstić information content (AvgIpc) is 3.07. The summed E-state index contributed by atoms with van der Waals surface area (Å²) in [5.41, 5.74) is -0.209. The van der Waals surface area contributed by atoms with Crippen LogP contribution < -0.4 is 0 Å². The van der Waals surface area contributed by atoms with E-state index in [1.165, 1.54) is 12.1 Å². The summed E-state index contributed by atoms with van der Waals surface area (Å²) in [5, 5.41) is 0.247. The van der Waals surface area contributed by atoms with E-state index in [0.29, 0.717) is 5.56 Å². The number of para-hydroxylation sites is 1. The first kappa shape index (κ1) is 22.0. The molecule has 1 aromatic heterocycles. The second-order valence-electron chi connectivity index (χ2n) is 7.81. The van der Waals surface area contributed by atoms with Gasteiger partial charge in [-0.2, -0.15) is 13.2 Å². The van der Waals surface area contributed by atoms with E-state index in [1.807, 2.05) is 0 Å². The van der Waals surface area contributed by atoms with Gasteiger partial charge in [-0.05, 0) is 37.3 Å². The van der Waals surface area contributed by atoms with Crippen molar-refractivity contribution in [3.8, 4) is 11.3 Å². The predicted molar refractivity (Wildman–Crippen MR) is 120 cm³/mol. The first-order valence-electron chi connectivity index (χ1n) is 10.3. The first-order chi connectivity index (χ1) is 16.2. The molecule has 0 saturated heterocycles. The highest BCUT2D eigenvalue weighted by Gasteiger charge is 2.41. The van der Waals surface area contributed by atoms with Gasteiger partial charge in [0.15, 0.2) is 0 Å². The second-order valence-corrected chi connectivity index (χ2v) is 8.22. The van der Waals surface area contributed by atoms with Crippen molar-refractivity contribution >= 4 is 34.4 Å². The van der Waals surface area contributed by atoms with Gasteiger partial charge >= 0.3 is 6.18 Å². The number of benzene rings is 3. The van der Waals surface area contributed by atoms with Crippen LogP contribution in [0.3, 0.4) is 0 Å². The average molecular weight is 482 g/mol. The van der Waals surface area contributed by atoms with Gasteiger partial charge in [0.25, 0.3) is 11.8 Å². The highest BCUT2D eigenvalue weighted by molar-refractivity contribution is 6.33. The molecule has 1 aliphatic heterocycles. The maximum atomic E-state index is 13.7. The maximum absolute atomic E-state index is 13.7. The van der Waals surface area contributed by atoms with Gasteiger partial charge in [-0.15, -0.1) is 0 Å². The van der Waals surface area contributed by atoms with Crippen molar-refractivity contribution in [1.29, 1.82) is 0 Å². The molecular formula is C25H15ClF3N3O2. The normalized spacial score (nSPS) is 14.6. The van der Waals surface area contributed by atoms with Crippen molar-refractivity contribution in [3.05, 3.63) is 94.1 Å². The number of aromatic nitrogens is 2. The molecule has 0 aliphatic carbocycles. The van der Waals surface area contributed by atoms with Crippen molar-refractivity contribution in [2.24, 2.45) is 0 Å². The molecule has 1 unspecified atom stereocenters. The number of fused-ring (bicyclic) bond motifs is 2. The molecule has 9 heteroatoms. The molecule has 1 aliphatic rings. The number of imide groups is 1. The molecule has 2 amide bonds. The number of rotatable bonds is 3. The Labute approximate surface area is 196 Å². The molecule has 5 rings (SSSR count). The Morgan fingerprint density at radius 2 is 1.41 bits per heavy atom. The highest BCUT2D eigenvalue weighted by atomic mass is 35.5. The molecule has 0 saturated carbocycles. The Bertz CT molecular complexity index is 1450. The lowest BCUT2D eigenvalue weighted by atomic mass is 10.0. The minimum absolute atomic E-state index is 0.0101. The van der Waals surface area contributed by atoms with Gasteiger partial charge < -0.3 is 0 Å². The third-order valence-corrected chi connectivity index (χ3v) is 6.09. The minimum atomic E-state index is -4.65. The summed E-state index contributed by atoms with van der Waals surface area (Å²) in [6.45, 7) is 1.59. The fourth-order valence-corrected chi connectivity index (χ4v) is 4.37. The van der Waals surface area contributed by atoms with Gasteiger partial charge in [-0.3, -0.25) is 14.5 Å². The lowest BCUT2D eigenvalue weighted by Crippen LogP contribution is -2.33. The van der Waals surface area contributed by atoms with Gasteiger partial charge in [0, 0.05) is 5.56 Å². The number of halogens is 4. The summed E-state index contributed by atoms with van der Waals surface area (Å²) in [5.74, 6) is -1.02. The molecule has 5 nitrogen and oxygen atoms in total. The van der Waals surface area contributed by atoms with Crippen LogP contribution in [0, 0.1) is 0 Å². The van der Waals surface area contributed by atoms with Gasteiger partial charge in [0.2, 0.25) is 0 Å². The number of carbonyl (C=O) groups is 2. The van der Waals surface area contributed by atoms with Crippen LogP contribution in [0.15, 0.2) is 66.7 Å². The quantitative estimate of drug-likeness (QED) is 0.321. The van der Waals surface area contributed by atoms with Crippen LogP contribution in [-0.2, 0) is 6.18 Å². The summed E-state index contributed by atoms with van der Waals surface area (Å²) in [6, 6.07) is 15.6. The van der Waals surface area contributed by atoms with E-state index in [0.717, 1.165) is 11.0 Å². The smallest absolute Gasteiger partial charge is 0.269 e. The zero-order chi connectivity index (χ0) is 24.2. The number of alkyl halides is 3. The predicted octanol–water partition coefficient (Wildman–Crippen LogP) is 6.33. The Morgan fingerprint density at radius 3 is 2.00 bits per heavy atom. The maximum Gasteiger partial charge on any atom is 0.418 e. The topological polar surface area (TPSA) is 63.2 Å². The van der Waals surface area contributed by atoms with Crippen LogP contribution >= 0.6 is 11.6 Å². The molecule has 170 valence electrons. The number of nitrogens with zero attached hydrogens (tertiary/aromatic N) is 3. The van der Waals surface area contributed by atoms with Crippen molar-refractivity contribution in [2.75, 3.05) is 0 Å². The van der Waals surface area contributed by atoms with Crippen LogP contribution in [0.1, 0.15) is 44.9 Å². The third kappa shape index (κ3) is 3.42. The Balaban J connectivity index is 1.75. The van der Waals surface area contributed by atoms with E-state index >= 15 is 0 Å². The van der Waals surface area contributed by atoms with Crippen molar-refractivity contribution in [3.63, 3.8) is 0 Å². The fraction of sp³-hybridized carbons (Fsp3) is 0.120. The van der Waals surface area contributed by atoms with Gasteiger partial charge in [0.05, 0.1) is 44.7 Å².